The zero-order valence-corrected chi connectivity index (χ0v) is 14.3. The van der Waals surface area contributed by atoms with Gasteiger partial charge in [0.25, 0.3) is 5.91 Å². The van der Waals surface area contributed by atoms with E-state index in [4.69, 9.17) is 4.74 Å². The predicted molar refractivity (Wildman–Crippen MR) is 96.4 cm³/mol. The number of likely N-dealkylation sites (tertiary alicyclic amines) is 1. The maximum absolute atomic E-state index is 12.9. The van der Waals surface area contributed by atoms with Gasteiger partial charge in [-0.3, -0.25) is 9.59 Å². The van der Waals surface area contributed by atoms with Crippen molar-refractivity contribution in [3.8, 4) is 0 Å². The van der Waals surface area contributed by atoms with E-state index < -0.39 is 0 Å². The molecule has 1 aliphatic rings. The Hall–Kier alpha value is -2.66. The van der Waals surface area contributed by atoms with Crippen molar-refractivity contribution >= 4 is 17.5 Å². The molecule has 3 rings (SSSR count). The zero-order valence-electron chi connectivity index (χ0n) is 14.3. The van der Waals surface area contributed by atoms with Crippen LogP contribution in [0, 0.1) is 0 Å². The molecule has 2 amide bonds. The molecule has 1 atom stereocenters. The molecule has 1 unspecified atom stereocenters. The summed E-state index contributed by atoms with van der Waals surface area (Å²) < 4.78 is 4.79. The SMILES string of the molecule is COCC(=O)Nc1ccc(C(=O)N2CCCC2c2ccccc2)cc1. The first-order chi connectivity index (χ1) is 12.2. The molecular formula is C20H22N2O3. The van der Waals surface area contributed by atoms with Gasteiger partial charge in [-0.2, -0.15) is 0 Å². The number of ether oxygens (including phenoxy) is 1. The van der Waals surface area contributed by atoms with Gasteiger partial charge in [0, 0.05) is 24.9 Å². The normalized spacial score (nSPS) is 16.7. The van der Waals surface area contributed by atoms with Crippen molar-refractivity contribution in [2.75, 3.05) is 25.6 Å². The molecule has 0 saturated carbocycles. The number of methoxy groups -OCH3 is 1. The summed E-state index contributed by atoms with van der Waals surface area (Å²) in [5.74, 6) is -0.189. The summed E-state index contributed by atoms with van der Waals surface area (Å²) in [4.78, 5) is 26.4. The summed E-state index contributed by atoms with van der Waals surface area (Å²) in [6.45, 7) is 0.776. The van der Waals surface area contributed by atoms with E-state index >= 15 is 0 Å². The molecule has 1 aliphatic heterocycles. The highest BCUT2D eigenvalue weighted by atomic mass is 16.5. The van der Waals surface area contributed by atoms with Gasteiger partial charge >= 0.3 is 0 Å². The van der Waals surface area contributed by atoms with Gasteiger partial charge in [-0.05, 0) is 42.7 Å². The summed E-state index contributed by atoms with van der Waals surface area (Å²) >= 11 is 0. The van der Waals surface area contributed by atoms with Crippen molar-refractivity contribution in [2.45, 2.75) is 18.9 Å². The van der Waals surface area contributed by atoms with Crippen LogP contribution in [-0.2, 0) is 9.53 Å². The molecule has 0 radical (unpaired) electrons. The zero-order chi connectivity index (χ0) is 17.6. The second-order valence-electron chi connectivity index (χ2n) is 6.13. The average molecular weight is 338 g/mol. The molecule has 25 heavy (non-hydrogen) atoms. The number of amides is 2. The van der Waals surface area contributed by atoms with Crippen LogP contribution in [0.15, 0.2) is 54.6 Å². The number of benzene rings is 2. The number of carbonyl (C=O) groups excluding carboxylic acids is 2. The van der Waals surface area contributed by atoms with Gasteiger partial charge in [-0.1, -0.05) is 30.3 Å². The van der Waals surface area contributed by atoms with Crippen molar-refractivity contribution in [1.82, 2.24) is 4.90 Å². The second kappa shape index (κ2) is 7.94. The summed E-state index contributed by atoms with van der Waals surface area (Å²) in [6.07, 6.45) is 2.00. The first kappa shape index (κ1) is 17.2. The Morgan fingerprint density at radius 1 is 1.12 bits per heavy atom. The van der Waals surface area contributed by atoms with Crippen LogP contribution in [0.3, 0.4) is 0 Å². The minimum atomic E-state index is -0.217. The third kappa shape index (κ3) is 4.06. The Kier molecular flexibility index (Phi) is 5.46. The number of hydrogen-bond donors (Lipinski definition) is 1. The number of carbonyl (C=O) groups is 2. The predicted octanol–water partition coefficient (Wildman–Crippen LogP) is 3.25. The Labute approximate surface area is 147 Å². The van der Waals surface area contributed by atoms with Crippen LogP contribution in [0.1, 0.15) is 34.8 Å². The Bertz CT molecular complexity index is 728. The Balaban J connectivity index is 1.71. The third-order valence-corrected chi connectivity index (χ3v) is 4.39. The number of anilines is 1. The molecule has 2 aromatic rings. The summed E-state index contributed by atoms with van der Waals surface area (Å²) in [7, 11) is 1.47. The molecule has 5 heteroatoms. The van der Waals surface area contributed by atoms with Crippen molar-refractivity contribution in [2.24, 2.45) is 0 Å². The first-order valence-corrected chi connectivity index (χ1v) is 8.44. The maximum atomic E-state index is 12.9. The molecule has 130 valence electrons. The van der Waals surface area contributed by atoms with Gasteiger partial charge in [0.2, 0.25) is 5.91 Å². The maximum Gasteiger partial charge on any atom is 0.254 e. The molecule has 5 nitrogen and oxygen atoms in total. The number of nitrogens with one attached hydrogen (secondary N) is 1. The third-order valence-electron chi connectivity index (χ3n) is 4.39. The van der Waals surface area contributed by atoms with E-state index in [0.29, 0.717) is 11.3 Å². The van der Waals surface area contributed by atoms with Crippen LogP contribution >= 0.6 is 0 Å². The van der Waals surface area contributed by atoms with Crippen LogP contribution in [0.5, 0.6) is 0 Å². The molecule has 0 spiro atoms. The van der Waals surface area contributed by atoms with Gasteiger partial charge in [-0.15, -0.1) is 0 Å². The lowest BCUT2D eigenvalue weighted by Crippen LogP contribution is -2.30. The quantitative estimate of drug-likeness (QED) is 0.910. The average Bonchev–Trinajstić information content (AvgIpc) is 3.12. The topological polar surface area (TPSA) is 58.6 Å². The van der Waals surface area contributed by atoms with Crippen molar-refractivity contribution in [3.05, 3.63) is 65.7 Å². The number of nitrogens with zero attached hydrogens (tertiary/aromatic N) is 1. The van der Waals surface area contributed by atoms with Gasteiger partial charge < -0.3 is 15.0 Å². The van der Waals surface area contributed by atoms with Crippen molar-refractivity contribution < 1.29 is 14.3 Å². The van der Waals surface area contributed by atoms with E-state index in [2.05, 4.69) is 17.4 Å². The van der Waals surface area contributed by atoms with Crippen LogP contribution in [0.4, 0.5) is 5.69 Å². The fourth-order valence-corrected chi connectivity index (χ4v) is 3.22. The van der Waals surface area contributed by atoms with E-state index in [1.807, 2.05) is 23.1 Å². The highest BCUT2D eigenvalue weighted by Gasteiger charge is 2.30. The van der Waals surface area contributed by atoms with Gasteiger partial charge in [-0.25, -0.2) is 0 Å². The lowest BCUT2D eigenvalue weighted by Gasteiger charge is -2.25. The number of rotatable bonds is 5. The van der Waals surface area contributed by atoms with E-state index in [0.717, 1.165) is 19.4 Å². The molecule has 0 aromatic heterocycles. The van der Waals surface area contributed by atoms with Crippen LogP contribution in [-0.4, -0.2) is 37.0 Å². The van der Waals surface area contributed by atoms with E-state index in [-0.39, 0.29) is 24.5 Å². The molecule has 1 fully saturated rings. The first-order valence-electron chi connectivity index (χ1n) is 8.44. The molecule has 1 saturated heterocycles. The Morgan fingerprint density at radius 2 is 1.84 bits per heavy atom. The van der Waals surface area contributed by atoms with Gasteiger partial charge in [0.1, 0.15) is 6.61 Å². The van der Waals surface area contributed by atoms with E-state index in [1.54, 1.807) is 24.3 Å². The van der Waals surface area contributed by atoms with Crippen molar-refractivity contribution in [3.63, 3.8) is 0 Å². The van der Waals surface area contributed by atoms with E-state index in [9.17, 15) is 9.59 Å². The minimum Gasteiger partial charge on any atom is -0.375 e. The van der Waals surface area contributed by atoms with Crippen LogP contribution in [0.2, 0.25) is 0 Å². The lowest BCUT2D eigenvalue weighted by atomic mass is 10.0. The van der Waals surface area contributed by atoms with Gasteiger partial charge in [0.15, 0.2) is 0 Å². The van der Waals surface area contributed by atoms with Gasteiger partial charge in [0.05, 0.1) is 6.04 Å². The molecule has 2 aromatic carbocycles. The highest BCUT2D eigenvalue weighted by molar-refractivity contribution is 5.96. The highest BCUT2D eigenvalue weighted by Crippen LogP contribution is 2.33. The minimum absolute atomic E-state index is 0.00716. The Morgan fingerprint density at radius 3 is 2.52 bits per heavy atom. The second-order valence-corrected chi connectivity index (χ2v) is 6.13. The smallest absolute Gasteiger partial charge is 0.254 e. The van der Waals surface area contributed by atoms with Crippen LogP contribution in [0.25, 0.3) is 0 Å². The molecule has 0 aliphatic carbocycles. The standard InChI is InChI=1S/C20H22N2O3/c1-25-14-19(23)21-17-11-9-16(10-12-17)20(24)22-13-5-8-18(22)15-6-3-2-4-7-15/h2-4,6-7,9-12,18H,5,8,13-14H2,1H3,(H,21,23). The van der Waals surface area contributed by atoms with Crippen molar-refractivity contribution in [1.29, 1.82) is 0 Å². The summed E-state index contributed by atoms with van der Waals surface area (Å²) in [5, 5.41) is 2.72. The number of hydrogen-bond acceptors (Lipinski definition) is 3. The molecule has 0 bridgehead atoms. The fourth-order valence-electron chi connectivity index (χ4n) is 3.22. The fraction of sp³-hybridized carbons (Fsp3) is 0.300. The largest absolute Gasteiger partial charge is 0.375 e. The van der Waals surface area contributed by atoms with Crippen LogP contribution < -0.4 is 5.32 Å². The molecular weight excluding hydrogens is 316 g/mol. The monoisotopic (exact) mass is 338 g/mol. The summed E-state index contributed by atoms with van der Waals surface area (Å²) in [6, 6.07) is 17.3. The lowest BCUT2D eigenvalue weighted by molar-refractivity contribution is -0.119. The van der Waals surface area contributed by atoms with E-state index in [1.165, 1.54) is 12.7 Å². The molecule has 1 heterocycles. The summed E-state index contributed by atoms with van der Waals surface area (Å²) in [5.41, 5.74) is 2.46. The molecule has 1 N–H and O–H groups in total.